The number of guanidine groups is 1. The SMILES string of the molecule is CCN=C1NC(=O)C(c2cc(Br)ccc2Cl)N1. The summed E-state index contributed by atoms with van der Waals surface area (Å²) in [5, 5.41) is 6.24. The number of amides is 1. The van der Waals surface area contributed by atoms with Crippen LogP contribution in [0.5, 0.6) is 0 Å². The maximum atomic E-state index is 11.8. The maximum absolute atomic E-state index is 11.8. The van der Waals surface area contributed by atoms with E-state index in [-0.39, 0.29) is 5.91 Å². The third-order valence-electron chi connectivity index (χ3n) is 2.37. The van der Waals surface area contributed by atoms with Gasteiger partial charge >= 0.3 is 0 Å². The Labute approximate surface area is 113 Å². The van der Waals surface area contributed by atoms with Crippen LogP contribution in [0.4, 0.5) is 0 Å². The van der Waals surface area contributed by atoms with Gasteiger partial charge in [-0.2, -0.15) is 0 Å². The normalized spacial score (nSPS) is 21.5. The van der Waals surface area contributed by atoms with Gasteiger partial charge in [-0.05, 0) is 25.1 Å². The zero-order valence-electron chi connectivity index (χ0n) is 9.13. The molecule has 1 heterocycles. The number of carbonyl (C=O) groups excluding carboxylic acids is 1. The molecule has 17 heavy (non-hydrogen) atoms. The van der Waals surface area contributed by atoms with Crippen molar-refractivity contribution in [3.05, 3.63) is 33.3 Å². The van der Waals surface area contributed by atoms with E-state index in [0.717, 1.165) is 10.0 Å². The Hall–Kier alpha value is -1.07. The molecule has 0 aromatic heterocycles. The van der Waals surface area contributed by atoms with E-state index in [4.69, 9.17) is 11.6 Å². The maximum Gasteiger partial charge on any atom is 0.253 e. The van der Waals surface area contributed by atoms with Crippen LogP contribution in [0.2, 0.25) is 5.02 Å². The molecule has 1 aliphatic heterocycles. The molecule has 1 aromatic carbocycles. The molecule has 1 amide bonds. The number of nitrogens with zero attached hydrogens (tertiary/aromatic N) is 1. The fraction of sp³-hybridized carbons (Fsp3) is 0.273. The van der Waals surface area contributed by atoms with Gasteiger partial charge in [-0.1, -0.05) is 27.5 Å². The first-order valence-electron chi connectivity index (χ1n) is 5.18. The summed E-state index contributed by atoms with van der Waals surface area (Å²) in [4.78, 5) is 15.9. The van der Waals surface area contributed by atoms with Gasteiger partial charge in [0, 0.05) is 21.6 Å². The summed E-state index contributed by atoms with van der Waals surface area (Å²) in [5.74, 6) is 0.357. The number of nitrogens with one attached hydrogen (secondary N) is 2. The van der Waals surface area contributed by atoms with Crippen molar-refractivity contribution in [1.82, 2.24) is 10.6 Å². The van der Waals surface area contributed by atoms with Gasteiger partial charge in [0.2, 0.25) is 0 Å². The number of hydrogen-bond acceptors (Lipinski definition) is 2. The average Bonchev–Trinajstić information content (AvgIpc) is 2.64. The van der Waals surface area contributed by atoms with Gasteiger partial charge in [0.15, 0.2) is 5.96 Å². The standard InChI is InChI=1S/C11H11BrClN3O/c1-2-14-11-15-9(10(17)16-11)7-5-6(12)3-4-8(7)13/h3-5,9H,2H2,1H3,(H2,14,15,16,17). The monoisotopic (exact) mass is 315 g/mol. The lowest BCUT2D eigenvalue weighted by Crippen LogP contribution is -2.25. The van der Waals surface area contributed by atoms with E-state index in [1.807, 2.05) is 19.1 Å². The van der Waals surface area contributed by atoms with Crippen molar-refractivity contribution in [2.75, 3.05) is 6.54 Å². The van der Waals surface area contributed by atoms with Gasteiger partial charge in [0.05, 0.1) is 0 Å². The van der Waals surface area contributed by atoms with E-state index in [2.05, 4.69) is 31.6 Å². The molecule has 1 saturated heterocycles. The quantitative estimate of drug-likeness (QED) is 0.879. The lowest BCUT2D eigenvalue weighted by Gasteiger charge is -2.10. The summed E-state index contributed by atoms with van der Waals surface area (Å²) in [7, 11) is 0. The zero-order chi connectivity index (χ0) is 12.4. The second-order valence-electron chi connectivity index (χ2n) is 3.56. The highest BCUT2D eigenvalue weighted by atomic mass is 79.9. The minimum Gasteiger partial charge on any atom is -0.340 e. The highest BCUT2D eigenvalue weighted by Gasteiger charge is 2.31. The number of benzene rings is 1. The molecule has 2 N–H and O–H groups in total. The fourth-order valence-corrected chi connectivity index (χ4v) is 2.23. The molecule has 1 aliphatic rings. The van der Waals surface area contributed by atoms with E-state index >= 15 is 0 Å². The first kappa shape index (κ1) is 12.4. The van der Waals surface area contributed by atoms with Crippen LogP contribution in [0.1, 0.15) is 18.5 Å². The fourth-order valence-electron chi connectivity index (χ4n) is 1.63. The second kappa shape index (κ2) is 5.06. The van der Waals surface area contributed by atoms with Gasteiger partial charge in [0.25, 0.3) is 5.91 Å². The Morgan fingerprint density at radius 2 is 2.29 bits per heavy atom. The van der Waals surface area contributed by atoms with Crippen molar-refractivity contribution in [1.29, 1.82) is 0 Å². The third-order valence-corrected chi connectivity index (χ3v) is 3.21. The molecule has 0 bridgehead atoms. The molecule has 2 rings (SSSR count). The van der Waals surface area contributed by atoms with Crippen molar-refractivity contribution in [2.24, 2.45) is 4.99 Å². The minimum atomic E-state index is -0.481. The smallest absolute Gasteiger partial charge is 0.253 e. The molecule has 1 fully saturated rings. The van der Waals surface area contributed by atoms with Crippen molar-refractivity contribution in [3.63, 3.8) is 0 Å². The molecular weight excluding hydrogens is 305 g/mol. The molecule has 4 nitrogen and oxygen atoms in total. The molecule has 1 unspecified atom stereocenters. The molecule has 0 radical (unpaired) electrons. The lowest BCUT2D eigenvalue weighted by atomic mass is 10.1. The van der Waals surface area contributed by atoms with E-state index < -0.39 is 6.04 Å². The largest absolute Gasteiger partial charge is 0.340 e. The van der Waals surface area contributed by atoms with Gasteiger partial charge in [-0.3, -0.25) is 15.1 Å². The van der Waals surface area contributed by atoms with E-state index in [1.54, 1.807) is 6.07 Å². The van der Waals surface area contributed by atoms with Crippen molar-refractivity contribution >= 4 is 39.4 Å². The van der Waals surface area contributed by atoms with Crippen LogP contribution >= 0.6 is 27.5 Å². The molecular formula is C11H11BrClN3O. The molecule has 1 aromatic rings. The van der Waals surface area contributed by atoms with Crippen LogP contribution in [0, 0.1) is 0 Å². The summed E-state index contributed by atoms with van der Waals surface area (Å²) < 4.78 is 0.882. The summed E-state index contributed by atoms with van der Waals surface area (Å²) >= 11 is 9.45. The van der Waals surface area contributed by atoms with Crippen LogP contribution in [0.25, 0.3) is 0 Å². The number of hydrogen-bond donors (Lipinski definition) is 2. The van der Waals surface area contributed by atoms with Gasteiger partial charge in [-0.15, -0.1) is 0 Å². The lowest BCUT2D eigenvalue weighted by molar-refractivity contribution is -0.120. The third kappa shape index (κ3) is 2.61. The molecule has 0 aliphatic carbocycles. The summed E-state index contributed by atoms with van der Waals surface area (Å²) in [6.07, 6.45) is 0. The van der Waals surface area contributed by atoms with Gasteiger partial charge in [0.1, 0.15) is 6.04 Å². The van der Waals surface area contributed by atoms with Gasteiger partial charge < -0.3 is 5.32 Å². The van der Waals surface area contributed by atoms with Crippen LogP contribution in [0.3, 0.4) is 0 Å². The number of halogens is 2. The van der Waals surface area contributed by atoms with Gasteiger partial charge in [-0.25, -0.2) is 0 Å². The summed E-state index contributed by atoms with van der Waals surface area (Å²) in [6, 6.07) is 4.93. The molecule has 0 saturated carbocycles. The van der Waals surface area contributed by atoms with Crippen molar-refractivity contribution in [3.8, 4) is 0 Å². The van der Waals surface area contributed by atoms with Crippen LogP contribution < -0.4 is 10.6 Å². The van der Waals surface area contributed by atoms with E-state index in [1.165, 1.54) is 0 Å². The highest BCUT2D eigenvalue weighted by Crippen LogP contribution is 2.28. The van der Waals surface area contributed by atoms with Crippen LogP contribution in [-0.4, -0.2) is 18.4 Å². The topological polar surface area (TPSA) is 53.5 Å². The average molecular weight is 317 g/mol. The summed E-state index contributed by atoms with van der Waals surface area (Å²) in [5.41, 5.74) is 0.736. The molecule has 0 spiro atoms. The molecule has 1 atom stereocenters. The minimum absolute atomic E-state index is 0.141. The predicted molar refractivity (Wildman–Crippen MR) is 71.1 cm³/mol. The number of carbonyl (C=O) groups is 1. The van der Waals surface area contributed by atoms with E-state index in [9.17, 15) is 4.79 Å². The van der Waals surface area contributed by atoms with E-state index in [0.29, 0.717) is 17.5 Å². The second-order valence-corrected chi connectivity index (χ2v) is 4.88. The Morgan fingerprint density at radius 1 is 1.53 bits per heavy atom. The van der Waals surface area contributed by atoms with Crippen molar-refractivity contribution < 1.29 is 4.79 Å². The Morgan fingerprint density at radius 3 is 3.00 bits per heavy atom. The van der Waals surface area contributed by atoms with Crippen LogP contribution in [-0.2, 0) is 4.79 Å². The Balaban J connectivity index is 2.32. The Bertz CT molecular complexity index is 490. The van der Waals surface area contributed by atoms with Crippen LogP contribution in [0.15, 0.2) is 27.7 Å². The molecule has 90 valence electrons. The van der Waals surface area contributed by atoms with Crippen molar-refractivity contribution in [2.45, 2.75) is 13.0 Å². The first-order valence-corrected chi connectivity index (χ1v) is 6.35. The molecule has 6 heteroatoms. The zero-order valence-corrected chi connectivity index (χ0v) is 11.5. The highest BCUT2D eigenvalue weighted by molar-refractivity contribution is 9.10. The number of rotatable bonds is 2. The summed E-state index contributed by atoms with van der Waals surface area (Å²) in [6.45, 7) is 2.52. The first-order chi connectivity index (χ1) is 8.11. The Kier molecular flexibility index (Phi) is 3.69. The number of aliphatic imine (C=N–C) groups is 1. The predicted octanol–water partition coefficient (Wildman–Crippen LogP) is 2.24.